The molecule has 1 amide bonds. The Morgan fingerprint density at radius 3 is 2.75 bits per heavy atom. The number of benzene rings is 1. The predicted molar refractivity (Wildman–Crippen MR) is 94.0 cm³/mol. The molecule has 128 valence electrons. The summed E-state index contributed by atoms with van der Waals surface area (Å²) >= 11 is 0. The van der Waals surface area contributed by atoms with Crippen molar-refractivity contribution in [2.45, 2.75) is 51.6 Å². The molecular weight excluding hydrogens is 302 g/mol. The van der Waals surface area contributed by atoms with Gasteiger partial charge in [-0.15, -0.1) is 0 Å². The topological polar surface area (TPSA) is 58.4 Å². The molecule has 3 rings (SSSR count). The fourth-order valence-electron chi connectivity index (χ4n) is 3.36. The number of nitrogens with zero attached hydrogens (tertiary/aromatic N) is 2. The van der Waals surface area contributed by atoms with Crippen molar-refractivity contribution in [3.05, 3.63) is 47.3 Å². The van der Waals surface area contributed by atoms with Gasteiger partial charge in [0, 0.05) is 24.3 Å². The van der Waals surface area contributed by atoms with Gasteiger partial charge in [0.15, 0.2) is 5.69 Å². The van der Waals surface area contributed by atoms with E-state index in [2.05, 4.69) is 28.5 Å². The van der Waals surface area contributed by atoms with Crippen LogP contribution in [0, 0.1) is 6.92 Å². The van der Waals surface area contributed by atoms with Crippen LogP contribution in [-0.4, -0.2) is 29.1 Å². The van der Waals surface area contributed by atoms with Gasteiger partial charge < -0.3 is 9.84 Å². The van der Waals surface area contributed by atoms with Crippen LogP contribution in [0.5, 0.6) is 0 Å². The molecule has 1 N–H and O–H groups in total. The Morgan fingerprint density at radius 2 is 2.04 bits per heavy atom. The van der Waals surface area contributed by atoms with Crippen LogP contribution in [-0.2, 0) is 6.54 Å². The molecule has 1 aliphatic carbocycles. The van der Waals surface area contributed by atoms with Gasteiger partial charge in [-0.3, -0.25) is 9.69 Å². The van der Waals surface area contributed by atoms with Gasteiger partial charge in [-0.05, 0) is 38.4 Å². The number of carbonyl (C=O) groups excluding carboxylic acids is 1. The first kappa shape index (κ1) is 16.7. The Labute approximate surface area is 143 Å². The Morgan fingerprint density at radius 1 is 1.29 bits per heavy atom. The standard InChI is InChI=1S/C19H25N3O2/c1-14-12-18(21-24-14)19(23)20-17-11-7-6-8-15(17)13-22(2)16-9-4-3-5-10-16/h6-8,11-12,16H,3-5,9-10,13H2,1-2H3,(H,20,23). The summed E-state index contributed by atoms with van der Waals surface area (Å²) in [5, 5.41) is 6.74. The maximum atomic E-state index is 12.3. The number of nitrogens with one attached hydrogen (secondary N) is 1. The van der Waals surface area contributed by atoms with Crippen LogP contribution in [0.15, 0.2) is 34.9 Å². The van der Waals surface area contributed by atoms with Crippen molar-refractivity contribution in [3.63, 3.8) is 0 Å². The average molecular weight is 327 g/mol. The van der Waals surface area contributed by atoms with Gasteiger partial charge in [-0.25, -0.2) is 0 Å². The van der Waals surface area contributed by atoms with E-state index in [4.69, 9.17) is 4.52 Å². The number of anilines is 1. The molecular formula is C19H25N3O2. The molecule has 2 aromatic rings. The third kappa shape index (κ3) is 4.03. The number of amides is 1. The summed E-state index contributed by atoms with van der Waals surface area (Å²) in [4.78, 5) is 14.7. The first-order chi connectivity index (χ1) is 11.6. The summed E-state index contributed by atoms with van der Waals surface area (Å²) in [6.07, 6.45) is 6.53. The lowest BCUT2D eigenvalue weighted by Crippen LogP contribution is -2.33. The Bertz CT molecular complexity index is 689. The molecule has 5 nitrogen and oxygen atoms in total. The number of aromatic nitrogens is 1. The van der Waals surface area contributed by atoms with Crippen LogP contribution in [0.25, 0.3) is 0 Å². The van der Waals surface area contributed by atoms with Crippen molar-refractivity contribution in [2.24, 2.45) is 0 Å². The quantitative estimate of drug-likeness (QED) is 0.902. The van der Waals surface area contributed by atoms with Crippen LogP contribution in [0.3, 0.4) is 0 Å². The molecule has 1 heterocycles. The van der Waals surface area contributed by atoms with Crippen LogP contribution >= 0.6 is 0 Å². The van der Waals surface area contributed by atoms with Crippen LogP contribution in [0.1, 0.15) is 53.9 Å². The fraction of sp³-hybridized carbons (Fsp3) is 0.474. The fourth-order valence-corrected chi connectivity index (χ4v) is 3.36. The molecule has 1 aromatic carbocycles. The first-order valence-electron chi connectivity index (χ1n) is 8.66. The van der Waals surface area contributed by atoms with Crippen molar-refractivity contribution >= 4 is 11.6 Å². The lowest BCUT2D eigenvalue weighted by Gasteiger charge is -2.31. The Balaban J connectivity index is 1.69. The molecule has 0 aliphatic heterocycles. The van der Waals surface area contributed by atoms with Gasteiger partial charge in [0.05, 0.1) is 0 Å². The van der Waals surface area contributed by atoms with Gasteiger partial charge >= 0.3 is 0 Å². The van der Waals surface area contributed by atoms with Gasteiger partial charge in [0.1, 0.15) is 5.76 Å². The first-order valence-corrected chi connectivity index (χ1v) is 8.66. The second-order valence-electron chi connectivity index (χ2n) is 6.64. The second kappa shape index (κ2) is 7.62. The van der Waals surface area contributed by atoms with Crippen molar-refractivity contribution < 1.29 is 9.32 Å². The highest BCUT2D eigenvalue weighted by Crippen LogP contribution is 2.25. The maximum absolute atomic E-state index is 12.3. The number of rotatable bonds is 5. The third-order valence-corrected chi connectivity index (χ3v) is 4.74. The minimum absolute atomic E-state index is 0.236. The van der Waals surface area contributed by atoms with Crippen molar-refractivity contribution in [3.8, 4) is 0 Å². The molecule has 0 bridgehead atoms. The number of hydrogen-bond acceptors (Lipinski definition) is 4. The molecule has 0 radical (unpaired) electrons. The van der Waals surface area contributed by atoms with E-state index in [1.165, 1.54) is 32.1 Å². The summed E-state index contributed by atoms with van der Waals surface area (Å²) in [6.45, 7) is 2.61. The van der Waals surface area contributed by atoms with E-state index >= 15 is 0 Å². The highest BCUT2D eigenvalue weighted by molar-refractivity contribution is 6.03. The van der Waals surface area contributed by atoms with Gasteiger partial charge in [-0.1, -0.05) is 42.6 Å². The zero-order valence-corrected chi connectivity index (χ0v) is 14.4. The van der Waals surface area contributed by atoms with E-state index in [9.17, 15) is 4.79 Å². The zero-order valence-electron chi connectivity index (χ0n) is 14.4. The largest absolute Gasteiger partial charge is 0.361 e. The van der Waals surface area contributed by atoms with E-state index < -0.39 is 0 Å². The molecule has 24 heavy (non-hydrogen) atoms. The van der Waals surface area contributed by atoms with Gasteiger partial charge in [0.25, 0.3) is 5.91 Å². The van der Waals surface area contributed by atoms with E-state index in [1.807, 2.05) is 18.2 Å². The molecule has 1 aliphatic rings. The molecule has 1 aromatic heterocycles. The van der Waals surface area contributed by atoms with Crippen LogP contribution < -0.4 is 5.32 Å². The summed E-state index contributed by atoms with van der Waals surface area (Å²) in [5.41, 5.74) is 2.27. The zero-order chi connectivity index (χ0) is 16.9. The van der Waals surface area contributed by atoms with Gasteiger partial charge in [0.2, 0.25) is 0 Å². The predicted octanol–water partition coefficient (Wildman–Crippen LogP) is 4.00. The molecule has 0 spiro atoms. The summed E-state index contributed by atoms with van der Waals surface area (Å²) in [5.74, 6) is 0.394. The summed E-state index contributed by atoms with van der Waals surface area (Å²) in [7, 11) is 2.18. The van der Waals surface area contributed by atoms with E-state index in [0.717, 1.165) is 17.8 Å². The average Bonchev–Trinajstić information content (AvgIpc) is 3.04. The minimum atomic E-state index is -0.236. The SMILES string of the molecule is Cc1cc(C(=O)Nc2ccccc2CN(C)C2CCCCC2)no1. The number of aryl methyl sites for hydroxylation is 1. The molecule has 1 saturated carbocycles. The van der Waals surface area contributed by atoms with E-state index in [-0.39, 0.29) is 5.91 Å². The van der Waals surface area contributed by atoms with E-state index in [0.29, 0.717) is 17.5 Å². The van der Waals surface area contributed by atoms with Crippen LogP contribution in [0.4, 0.5) is 5.69 Å². The lowest BCUT2D eigenvalue weighted by molar-refractivity contribution is 0.101. The van der Waals surface area contributed by atoms with E-state index in [1.54, 1.807) is 13.0 Å². The smallest absolute Gasteiger partial charge is 0.277 e. The summed E-state index contributed by atoms with van der Waals surface area (Å²) in [6, 6.07) is 10.2. The minimum Gasteiger partial charge on any atom is -0.361 e. The molecule has 5 heteroatoms. The van der Waals surface area contributed by atoms with Crippen molar-refractivity contribution in [2.75, 3.05) is 12.4 Å². The third-order valence-electron chi connectivity index (χ3n) is 4.74. The van der Waals surface area contributed by atoms with Crippen LogP contribution in [0.2, 0.25) is 0 Å². The lowest BCUT2D eigenvalue weighted by atomic mass is 9.94. The maximum Gasteiger partial charge on any atom is 0.277 e. The van der Waals surface area contributed by atoms with Crippen molar-refractivity contribution in [1.29, 1.82) is 0 Å². The van der Waals surface area contributed by atoms with Crippen molar-refractivity contribution in [1.82, 2.24) is 10.1 Å². The number of carbonyl (C=O) groups is 1. The molecule has 1 fully saturated rings. The second-order valence-corrected chi connectivity index (χ2v) is 6.64. The number of para-hydroxylation sites is 1. The Kier molecular flexibility index (Phi) is 5.30. The normalized spacial score (nSPS) is 15.6. The number of hydrogen-bond donors (Lipinski definition) is 1. The molecule has 0 atom stereocenters. The summed E-state index contributed by atoms with van der Waals surface area (Å²) < 4.78 is 4.98. The molecule has 0 unspecified atom stereocenters. The Hall–Kier alpha value is -2.14. The monoisotopic (exact) mass is 327 g/mol. The molecule has 0 saturated heterocycles. The van der Waals surface area contributed by atoms with Gasteiger partial charge in [-0.2, -0.15) is 0 Å². The highest BCUT2D eigenvalue weighted by atomic mass is 16.5. The highest BCUT2D eigenvalue weighted by Gasteiger charge is 2.19.